The van der Waals surface area contributed by atoms with Gasteiger partial charge >= 0.3 is 107 Å². The van der Waals surface area contributed by atoms with Gasteiger partial charge < -0.3 is 0 Å². The minimum atomic E-state index is -1.53. The van der Waals surface area contributed by atoms with Crippen LogP contribution in [0.1, 0.15) is 27.7 Å². The fourth-order valence-electron chi connectivity index (χ4n) is 2.05. The van der Waals surface area contributed by atoms with Gasteiger partial charge in [0, 0.05) is 0 Å². The Balaban J connectivity index is 0. The normalized spacial score (nSPS) is 32.1. The van der Waals surface area contributed by atoms with Crippen molar-refractivity contribution < 1.29 is 24.9 Å². The predicted molar refractivity (Wildman–Crippen MR) is 77.6 cm³/mol. The topological polar surface area (TPSA) is 9.23 Å². The van der Waals surface area contributed by atoms with Crippen molar-refractivity contribution in [3.8, 4) is 0 Å². The van der Waals surface area contributed by atoms with Crippen molar-refractivity contribution in [3.63, 3.8) is 0 Å². The molecule has 0 saturated carbocycles. The molecule has 1 aliphatic rings. The average molecular weight is 330 g/mol. The quantitative estimate of drug-likeness (QED) is 0.528. The fraction of sp³-hybridized carbons (Fsp3) is 0.750. The summed E-state index contributed by atoms with van der Waals surface area (Å²) in [6, 6.07) is 0. The van der Waals surface area contributed by atoms with Crippen molar-refractivity contribution in [1.29, 1.82) is 0 Å². The second-order valence-electron chi connectivity index (χ2n) is 5.75. The van der Waals surface area contributed by atoms with Gasteiger partial charge in [-0.2, -0.15) is 0 Å². The van der Waals surface area contributed by atoms with Gasteiger partial charge in [-0.25, -0.2) is 0 Å². The van der Waals surface area contributed by atoms with Crippen molar-refractivity contribution in [1.82, 2.24) is 0 Å². The van der Waals surface area contributed by atoms with Gasteiger partial charge in [-0.15, -0.1) is 24.8 Å². The fourth-order valence-corrected chi connectivity index (χ4v) is 4.26. The van der Waals surface area contributed by atoms with Crippen LogP contribution >= 0.6 is 24.8 Å². The van der Waals surface area contributed by atoms with E-state index in [1.54, 1.807) is 0 Å². The molecule has 0 aliphatic heterocycles. The van der Waals surface area contributed by atoms with Crippen molar-refractivity contribution >= 4 is 33.1 Å². The minimum Gasteiger partial charge on any atom is -0.147 e. The second kappa shape index (κ2) is 5.96. The van der Waals surface area contributed by atoms with E-state index in [-0.39, 0.29) is 34.1 Å². The first-order chi connectivity index (χ1) is 6.51. The maximum atomic E-state index is 6.40. The Morgan fingerprint density at radius 2 is 1.47 bits per heavy atom. The summed E-state index contributed by atoms with van der Waals surface area (Å²) in [6.45, 7) is 15.5. The van der Waals surface area contributed by atoms with Crippen molar-refractivity contribution in [3.05, 3.63) is 16.9 Å². The van der Waals surface area contributed by atoms with Gasteiger partial charge in [0.2, 0.25) is 0 Å². The molecule has 1 nitrogen and oxygen atoms in total. The van der Waals surface area contributed by atoms with Gasteiger partial charge in [0.05, 0.1) is 0 Å². The van der Waals surface area contributed by atoms with Crippen LogP contribution in [0.5, 0.6) is 0 Å². The van der Waals surface area contributed by atoms with Gasteiger partial charge in [0.1, 0.15) is 0 Å². The van der Waals surface area contributed by atoms with E-state index in [2.05, 4.69) is 73.5 Å². The molecular weight excluding hydrogens is 307 g/mol. The van der Waals surface area contributed by atoms with Crippen LogP contribution < -0.4 is 0 Å². The summed E-state index contributed by atoms with van der Waals surface area (Å²) in [5, 5.41) is 0. The smallest absolute Gasteiger partial charge is 0.147 e. The van der Waals surface area contributed by atoms with Crippen LogP contribution in [0.3, 0.4) is 0 Å². The zero-order valence-electron chi connectivity index (χ0n) is 11.7. The van der Waals surface area contributed by atoms with E-state index >= 15 is 0 Å². The third kappa shape index (κ3) is 3.73. The van der Waals surface area contributed by atoms with Gasteiger partial charge in [-0.05, 0) is 0 Å². The zero-order valence-corrected chi connectivity index (χ0v) is 15.9. The molecule has 1 aliphatic carbocycles. The molecule has 2 unspecified atom stereocenters. The molecule has 0 spiro atoms. The van der Waals surface area contributed by atoms with Crippen LogP contribution in [-0.2, 0) is 24.9 Å². The molecular formula is C12H23Cl2OSiTi. The zero-order chi connectivity index (χ0) is 12.1. The largest absolute Gasteiger partial charge is 0.147 e. The van der Waals surface area contributed by atoms with Crippen LogP contribution in [0, 0.1) is 0 Å². The Morgan fingerprint density at radius 3 is 1.71 bits per heavy atom. The summed E-state index contributed by atoms with van der Waals surface area (Å²) < 4.78 is 6.47. The summed E-state index contributed by atoms with van der Waals surface area (Å²) in [6.07, 6.45) is 0. The molecule has 0 amide bonds. The summed E-state index contributed by atoms with van der Waals surface area (Å²) in [7, 11) is -1.53. The molecule has 2 atom stereocenters. The van der Waals surface area contributed by atoms with E-state index in [0.717, 1.165) is 0 Å². The van der Waals surface area contributed by atoms with Crippen molar-refractivity contribution in [2.75, 3.05) is 0 Å². The Hall–Kier alpha value is 0.991. The number of hydrogen-bond acceptors (Lipinski definition) is 1. The van der Waals surface area contributed by atoms with Crippen LogP contribution in [0.25, 0.3) is 0 Å². The van der Waals surface area contributed by atoms with Crippen molar-refractivity contribution in [2.45, 2.75) is 56.7 Å². The number of hydrogen-bond donors (Lipinski definition) is 0. The first-order valence-electron chi connectivity index (χ1n) is 5.41. The standard InChI is InChI=1S/C12H21OSi.2ClH.Ti/c1-9-8-10(2)12(4,11(9)3)13-14(5,6)7;;;/h1-7H3;2*1H;. The molecule has 99 valence electrons. The minimum absolute atomic E-state index is 0. The van der Waals surface area contributed by atoms with E-state index in [1.165, 1.54) is 11.1 Å². The van der Waals surface area contributed by atoms with Crippen LogP contribution in [0.2, 0.25) is 23.4 Å². The average Bonchev–Trinajstić information content (AvgIpc) is 2.10. The maximum Gasteiger partial charge on any atom is -0.147 e. The summed E-state index contributed by atoms with van der Waals surface area (Å²) in [5.74, 6) is 0. The van der Waals surface area contributed by atoms with Crippen LogP contribution in [0.15, 0.2) is 16.9 Å². The maximum absolute atomic E-state index is 6.40. The van der Waals surface area contributed by atoms with Crippen LogP contribution in [-0.4, -0.2) is 13.9 Å². The molecule has 17 heavy (non-hydrogen) atoms. The molecule has 0 N–H and O–H groups in total. The molecule has 0 aromatic rings. The van der Waals surface area contributed by atoms with Crippen LogP contribution in [0.4, 0.5) is 0 Å². The molecule has 0 aromatic heterocycles. The van der Waals surface area contributed by atoms with E-state index in [9.17, 15) is 0 Å². The second-order valence-corrected chi connectivity index (χ2v) is 11.7. The van der Waals surface area contributed by atoms with Gasteiger partial charge in [-0.3, -0.25) is 0 Å². The molecule has 0 fully saturated rings. The Morgan fingerprint density at radius 1 is 1.06 bits per heavy atom. The molecule has 0 saturated heterocycles. The summed E-state index contributed by atoms with van der Waals surface area (Å²) in [5.41, 5.74) is 5.83. The van der Waals surface area contributed by atoms with Crippen molar-refractivity contribution in [2.24, 2.45) is 0 Å². The van der Waals surface area contributed by atoms with Gasteiger partial charge in [0.15, 0.2) is 0 Å². The van der Waals surface area contributed by atoms with Gasteiger partial charge in [0.25, 0.3) is 0 Å². The van der Waals surface area contributed by atoms with E-state index < -0.39 is 8.32 Å². The number of rotatable bonds is 2. The third-order valence-electron chi connectivity index (χ3n) is 3.31. The SMILES string of the molecule is CC1=C=C(C)C(C)(O[Si](C)(C)C)[C]1(C)[Ti].Cl.Cl. The third-order valence-corrected chi connectivity index (χ3v) is 5.66. The molecule has 0 radical (unpaired) electrons. The Labute approximate surface area is 131 Å². The van der Waals surface area contributed by atoms with E-state index in [1.807, 2.05) is 0 Å². The molecule has 1 rings (SSSR count). The predicted octanol–water partition coefficient (Wildman–Crippen LogP) is 4.67. The summed E-state index contributed by atoms with van der Waals surface area (Å²) >= 11 is 2.26. The Bertz CT molecular complexity index is 354. The van der Waals surface area contributed by atoms with E-state index in [0.29, 0.717) is 0 Å². The summed E-state index contributed by atoms with van der Waals surface area (Å²) in [4.78, 5) is 0. The molecule has 0 bridgehead atoms. The first-order valence-corrected chi connectivity index (χ1v) is 9.60. The number of halogens is 2. The molecule has 0 aromatic carbocycles. The van der Waals surface area contributed by atoms with Gasteiger partial charge in [-0.1, -0.05) is 0 Å². The monoisotopic (exact) mass is 329 g/mol. The van der Waals surface area contributed by atoms with E-state index in [4.69, 9.17) is 4.43 Å². The first kappa shape index (κ1) is 20.3. The molecule has 0 heterocycles. The Kier molecular flexibility index (Phi) is 7.13. The molecule has 5 heteroatoms.